The quantitative estimate of drug-likeness (QED) is 0.432. The number of rotatable bonds is 2. The average Bonchev–Trinajstić information content (AvgIpc) is 2.28. The molecule has 0 aromatic heterocycles. The van der Waals surface area contributed by atoms with Gasteiger partial charge in [0.2, 0.25) is 0 Å². The summed E-state index contributed by atoms with van der Waals surface area (Å²) in [5, 5.41) is 3.68. The summed E-state index contributed by atoms with van der Waals surface area (Å²) in [5.74, 6) is 0. The van der Waals surface area contributed by atoms with Crippen LogP contribution in [0.25, 0.3) is 10.4 Å². The monoisotopic (exact) mass is 256 g/mol. The summed E-state index contributed by atoms with van der Waals surface area (Å²) in [6.45, 7) is 6.40. The van der Waals surface area contributed by atoms with Crippen LogP contribution in [0.2, 0.25) is 0 Å². The highest BCUT2D eigenvalue weighted by molar-refractivity contribution is 5.68. The highest BCUT2D eigenvalue weighted by atomic mass is 16.6. The van der Waals surface area contributed by atoms with Crippen molar-refractivity contribution in [2.75, 3.05) is 20.2 Å². The van der Waals surface area contributed by atoms with E-state index in [0.717, 1.165) is 0 Å². The third-order valence-electron chi connectivity index (χ3n) is 2.80. The van der Waals surface area contributed by atoms with Crippen LogP contribution < -0.4 is 0 Å². The van der Waals surface area contributed by atoms with Crippen LogP contribution in [0.1, 0.15) is 33.6 Å². The number of methoxy groups -OCH3 is 1. The van der Waals surface area contributed by atoms with Gasteiger partial charge >= 0.3 is 6.09 Å². The normalized spacial score (nSPS) is 19.0. The molecule has 1 aliphatic heterocycles. The van der Waals surface area contributed by atoms with Crippen molar-refractivity contribution in [1.82, 2.24) is 4.90 Å². The molecule has 0 bridgehead atoms. The number of ether oxygens (including phenoxy) is 2. The largest absolute Gasteiger partial charge is 0.444 e. The molecule has 0 atom stereocenters. The number of hydrogen-bond donors (Lipinski definition) is 0. The topological polar surface area (TPSA) is 87.5 Å². The molecule has 1 aliphatic rings. The Kier molecular flexibility index (Phi) is 4.43. The van der Waals surface area contributed by atoms with E-state index >= 15 is 0 Å². The predicted molar refractivity (Wildman–Crippen MR) is 65.9 cm³/mol. The van der Waals surface area contributed by atoms with Crippen molar-refractivity contribution in [3.05, 3.63) is 10.4 Å². The molecule has 1 heterocycles. The Morgan fingerprint density at radius 1 is 1.39 bits per heavy atom. The standard InChI is InChI=1S/C11H20N4O3/c1-10(2,3)18-9(16)15-7-5-11(17-4,6-8-15)13-14-12/h5-8H2,1-4H3. The maximum absolute atomic E-state index is 11.8. The van der Waals surface area contributed by atoms with E-state index in [1.165, 1.54) is 7.11 Å². The molecule has 0 N–H and O–H groups in total. The molecule has 1 fully saturated rings. The van der Waals surface area contributed by atoms with Gasteiger partial charge in [0, 0.05) is 25.1 Å². The lowest BCUT2D eigenvalue weighted by Gasteiger charge is -2.38. The lowest BCUT2D eigenvalue weighted by atomic mass is 10.0. The summed E-state index contributed by atoms with van der Waals surface area (Å²) < 4.78 is 10.5. The van der Waals surface area contributed by atoms with E-state index in [2.05, 4.69) is 10.0 Å². The Labute approximate surface area is 107 Å². The van der Waals surface area contributed by atoms with Crippen LogP contribution in [0.4, 0.5) is 4.79 Å². The highest BCUT2D eigenvalue weighted by Crippen LogP contribution is 2.28. The van der Waals surface area contributed by atoms with Crippen LogP contribution >= 0.6 is 0 Å². The Balaban J connectivity index is 2.58. The highest BCUT2D eigenvalue weighted by Gasteiger charge is 2.36. The zero-order valence-corrected chi connectivity index (χ0v) is 11.3. The van der Waals surface area contributed by atoms with E-state index in [4.69, 9.17) is 15.0 Å². The van der Waals surface area contributed by atoms with E-state index in [1.54, 1.807) is 4.90 Å². The third-order valence-corrected chi connectivity index (χ3v) is 2.80. The van der Waals surface area contributed by atoms with E-state index in [9.17, 15) is 4.79 Å². The fourth-order valence-corrected chi connectivity index (χ4v) is 1.79. The van der Waals surface area contributed by atoms with E-state index in [0.29, 0.717) is 25.9 Å². The molecule has 18 heavy (non-hydrogen) atoms. The van der Waals surface area contributed by atoms with Gasteiger partial charge in [0.05, 0.1) is 0 Å². The van der Waals surface area contributed by atoms with Gasteiger partial charge in [0.1, 0.15) is 11.3 Å². The molecule has 0 spiro atoms. The number of amides is 1. The average molecular weight is 256 g/mol. The van der Waals surface area contributed by atoms with E-state index < -0.39 is 11.3 Å². The first kappa shape index (κ1) is 14.6. The van der Waals surface area contributed by atoms with Crippen LogP contribution in [0.5, 0.6) is 0 Å². The summed E-state index contributed by atoms with van der Waals surface area (Å²) in [5.41, 5.74) is 7.19. The van der Waals surface area contributed by atoms with Crippen LogP contribution in [0, 0.1) is 0 Å². The van der Waals surface area contributed by atoms with Crippen molar-refractivity contribution in [3.63, 3.8) is 0 Å². The summed E-state index contributed by atoms with van der Waals surface area (Å²) in [6.07, 6.45) is 0.618. The summed E-state index contributed by atoms with van der Waals surface area (Å²) in [6, 6.07) is 0. The molecule has 0 radical (unpaired) electrons. The zero-order chi connectivity index (χ0) is 13.8. The van der Waals surface area contributed by atoms with Gasteiger partial charge in [0.15, 0.2) is 0 Å². The minimum absolute atomic E-state index is 0.340. The second kappa shape index (κ2) is 5.46. The van der Waals surface area contributed by atoms with Gasteiger partial charge in [-0.05, 0) is 39.1 Å². The molecular formula is C11H20N4O3. The van der Waals surface area contributed by atoms with E-state index in [-0.39, 0.29) is 6.09 Å². The Hall–Kier alpha value is -1.46. The van der Waals surface area contributed by atoms with Crippen LogP contribution in [0.15, 0.2) is 5.11 Å². The van der Waals surface area contributed by atoms with E-state index in [1.807, 2.05) is 20.8 Å². The lowest BCUT2D eigenvalue weighted by molar-refractivity contribution is -0.0555. The Bertz CT molecular complexity index is 350. The third kappa shape index (κ3) is 3.78. The van der Waals surface area contributed by atoms with Gasteiger partial charge < -0.3 is 14.4 Å². The SMILES string of the molecule is COC1(N=[N+]=[N-])CCN(C(=O)OC(C)(C)C)CC1. The Morgan fingerprint density at radius 2 is 1.94 bits per heavy atom. The number of hydrogen-bond acceptors (Lipinski definition) is 4. The summed E-state index contributed by atoms with van der Waals surface area (Å²) >= 11 is 0. The molecule has 0 aromatic rings. The number of nitrogens with zero attached hydrogens (tertiary/aromatic N) is 4. The minimum atomic E-state index is -0.826. The number of azide groups is 1. The summed E-state index contributed by atoms with van der Waals surface area (Å²) in [7, 11) is 1.51. The first-order valence-corrected chi connectivity index (χ1v) is 5.91. The van der Waals surface area contributed by atoms with Gasteiger partial charge in [-0.2, -0.15) is 0 Å². The minimum Gasteiger partial charge on any atom is -0.444 e. The number of carbonyl (C=O) groups excluding carboxylic acids is 1. The van der Waals surface area contributed by atoms with Crippen molar-refractivity contribution in [2.24, 2.45) is 5.11 Å². The number of carbonyl (C=O) groups is 1. The number of piperidine rings is 1. The molecule has 7 nitrogen and oxygen atoms in total. The zero-order valence-electron chi connectivity index (χ0n) is 11.3. The van der Waals surface area contributed by atoms with Crippen molar-refractivity contribution < 1.29 is 14.3 Å². The first-order chi connectivity index (χ1) is 8.32. The lowest BCUT2D eigenvalue weighted by Crippen LogP contribution is -2.47. The molecular weight excluding hydrogens is 236 g/mol. The predicted octanol–water partition coefficient (Wildman–Crippen LogP) is 2.67. The molecule has 1 saturated heterocycles. The van der Waals surface area contributed by atoms with Crippen LogP contribution in [-0.2, 0) is 9.47 Å². The fraction of sp³-hybridized carbons (Fsp3) is 0.909. The van der Waals surface area contributed by atoms with Gasteiger partial charge in [-0.3, -0.25) is 0 Å². The number of likely N-dealkylation sites (tertiary alicyclic amines) is 1. The fourth-order valence-electron chi connectivity index (χ4n) is 1.79. The first-order valence-electron chi connectivity index (χ1n) is 5.91. The van der Waals surface area contributed by atoms with Gasteiger partial charge in [0.25, 0.3) is 0 Å². The second-order valence-electron chi connectivity index (χ2n) is 5.31. The molecule has 1 amide bonds. The molecule has 0 aromatic carbocycles. The molecule has 102 valence electrons. The van der Waals surface area contributed by atoms with Crippen molar-refractivity contribution in [3.8, 4) is 0 Å². The molecule has 0 unspecified atom stereocenters. The second-order valence-corrected chi connectivity index (χ2v) is 5.31. The maximum atomic E-state index is 11.8. The van der Waals surface area contributed by atoms with Crippen molar-refractivity contribution >= 4 is 6.09 Å². The smallest absolute Gasteiger partial charge is 0.410 e. The maximum Gasteiger partial charge on any atom is 0.410 e. The molecule has 0 aliphatic carbocycles. The summed E-state index contributed by atoms with van der Waals surface area (Å²) in [4.78, 5) is 16.2. The van der Waals surface area contributed by atoms with Crippen LogP contribution in [0.3, 0.4) is 0 Å². The van der Waals surface area contributed by atoms with Gasteiger partial charge in [-0.15, -0.1) is 0 Å². The molecule has 1 rings (SSSR count). The van der Waals surface area contributed by atoms with Crippen LogP contribution in [-0.4, -0.2) is 42.5 Å². The Morgan fingerprint density at radius 3 is 2.33 bits per heavy atom. The van der Waals surface area contributed by atoms with Crippen molar-refractivity contribution in [1.29, 1.82) is 0 Å². The molecule has 0 saturated carbocycles. The molecule has 7 heteroatoms. The van der Waals surface area contributed by atoms with Gasteiger partial charge in [-0.1, -0.05) is 5.11 Å². The van der Waals surface area contributed by atoms with Gasteiger partial charge in [-0.25, -0.2) is 4.79 Å². The van der Waals surface area contributed by atoms with Crippen molar-refractivity contribution in [2.45, 2.75) is 44.9 Å².